The van der Waals surface area contributed by atoms with Crippen molar-refractivity contribution in [2.75, 3.05) is 39.3 Å². The fourth-order valence-corrected chi connectivity index (χ4v) is 3.65. The Labute approximate surface area is 141 Å². The van der Waals surface area contributed by atoms with Crippen molar-refractivity contribution in [2.24, 2.45) is 0 Å². The summed E-state index contributed by atoms with van der Waals surface area (Å²) in [7, 11) is 0. The minimum absolute atomic E-state index is 0.167. The van der Waals surface area contributed by atoms with Crippen LogP contribution in [0.5, 0.6) is 0 Å². The minimum Gasteiger partial charge on any atom is -0.382 e. The average Bonchev–Trinajstić information content (AvgIpc) is 2.60. The van der Waals surface area contributed by atoms with E-state index < -0.39 is 0 Å². The first-order valence-electron chi connectivity index (χ1n) is 9.43. The van der Waals surface area contributed by atoms with Crippen LogP contribution >= 0.6 is 0 Å². The van der Waals surface area contributed by atoms with Crippen LogP contribution in [0.3, 0.4) is 0 Å². The number of quaternary nitrogens is 3. The monoisotopic (exact) mass is 322 g/mol. The molecule has 1 fully saturated rings. The second-order valence-electron chi connectivity index (χ2n) is 7.04. The maximum atomic E-state index is 10.2. The molecule has 1 aliphatic rings. The van der Waals surface area contributed by atoms with E-state index in [-0.39, 0.29) is 6.10 Å². The second kappa shape index (κ2) is 10.0. The van der Waals surface area contributed by atoms with Crippen LogP contribution in [0, 0.1) is 0 Å². The van der Waals surface area contributed by atoms with Crippen molar-refractivity contribution in [2.45, 2.75) is 45.4 Å². The molecule has 0 aliphatic carbocycles. The summed E-state index contributed by atoms with van der Waals surface area (Å²) in [4.78, 5) is 3.20. The molecular weight excluding hydrogens is 286 g/mol. The van der Waals surface area contributed by atoms with Crippen molar-refractivity contribution in [3.05, 3.63) is 35.9 Å². The van der Waals surface area contributed by atoms with Gasteiger partial charge in [-0.05, 0) is 13.8 Å². The molecule has 0 saturated carbocycles. The summed E-state index contributed by atoms with van der Waals surface area (Å²) >= 11 is 0. The molecule has 2 rings (SSSR count). The Hall–Kier alpha value is -0.940. The third-order valence-electron chi connectivity index (χ3n) is 5.30. The SMILES string of the molecule is CC[NH+](CC)C[C@H](O)C[NH2+]C1CC[NH+](Cc2ccccc2)CC1. The van der Waals surface area contributed by atoms with Gasteiger partial charge in [0.25, 0.3) is 0 Å². The average molecular weight is 323 g/mol. The van der Waals surface area contributed by atoms with Crippen molar-refractivity contribution < 1.29 is 20.2 Å². The molecular formula is C19H36N3O+3. The van der Waals surface area contributed by atoms with Crippen molar-refractivity contribution in [3.8, 4) is 0 Å². The van der Waals surface area contributed by atoms with Gasteiger partial charge in [-0.15, -0.1) is 0 Å². The molecule has 5 N–H and O–H groups in total. The van der Waals surface area contributed by atoms with Gasteiger partial charge in [-0.1, -0.05) is 30.3 Å². The standard InChI is InChI=1S/C19H33N3O/c1-3-21(4-2)16-19(23)14-20-18-10-12-22(13-11-18)15-17-8-6-5-7-9-17/h5-9,18-20,23H,3-4,10-16H2,1-2H3/p+3/t19-/m1/s1. The zero-order valence-electron chi connectivity index (χ0n) is 14.9. The Morgan fingerprint density at radius 2 is 1.83 bits per heavy atom. The van der Waals surface area contributed by atoms with Crippen molar-refractivity contribution in [1.82, 2.24) is 0 Å². The van der Waals surface area contributed by atoms with E-state index in [9.17, 15) is 5.11 Å². The number of likely N-dealkylation sites (tertiary alicyclic amines) is 1. The Morgan fingerprint density at radius 3 is 2.43 bits per heavy atom. The zero-order valence-corrected chi connectivity index (χ0v) is 14.9. The van der Waals surface area contributed by atoms with E-state index in [1.54, 1.807) is 4.90 Å². The fourth-order valence-electron chi connectivity index (χ4n) is 3.65. The molecule has 0 aromatic heterocycles. The van der Waals surface area contributed by atoms with Gasteiger partial charge in [-0.2, -0.15) is 0 Å². The van der Waals surface area contributed by atoms with Gasteiger partial charge in [0.15, 0.2) is 6.10 Å². The second-order valence-corrected chi connectivity index (χ2v) is 7.04. The predicted octanol–water partition coefficient (Wildman–Crippen LogP) is -1.92. The highest BCUT2D eigenvalue weighted by Gasteiger charge is 2.25. The predicted molar refractivity (Wildman–Crippen MR) is 93.6 cm³/mol. The molecule has 0 bridgehead atoms. The smallest absolute Gasteiger partial charge is 0.151 e. The summed E-state index contributed by atoms with van der Waals surface area (Å²) in [5, 5.41) is 12.6. The van der Waals surface area contributed by atoms with E-state index in [1.807, 2.05) is 0 Å². The first kappa shape index (κ1) is 18.4. The topological polar surface area (TPSA) is 45.7 Å². The number of likely N-dealkylation sites (N-methyl/N-ethyl adjacent to an activating group) is 1. The lowest BCUT2D eigenvalue weighted by Gasteiger charge is -2.28. The molecule has 130 valence electrons. The summed E-state index contributed by atoms with van der Waals surface area (Å²) in [6, 6.07) is 11.5. The van der Waals surface area contributed by atoms with Crippen molar-refractivity contribution >= 4 is 0 Å². The van der Waals surface area contributed by atoms with Gasteiger partial charge in [-0.3, -0.25) is 0 Å². The van der Waals surface area contributed by atoms with Crippen molar-refractivity contribution in [3.63, 3.8) is 0 Å². The van der Waals surface area contributed by atoms with Gasteiger partial charge in [0.2, 0.25) is 0 Å². The fraction of sp³-hybridized carbons (Fsp3) is 0.684. The number of piperidine rings is 1. The Morgan fingerprint density at radius 1 is 1.17 bits per heavy atom. The molecule has 1 aliphatic heterocycles. The van der Waals surface area contributed by atoms with Crippen LogP contribution in [0.2, 0.25) is 0 Å². The third-order valence-corrected chi connectivity index (χ3v) is 5.30. The largest absolute Gasteiger partial charge is 0.382 e. The first-order valence-corrected chi connectivity index (χ1v) is 9.43. The van der Waals surface area contributed by atoms with Crippen LogP contribution in [0.1, 0.15) is 32.3 Å². The lowest BCUT2D eigenvalue weighted by atomic mass is 10.0. The summed E-state index contributed by atoms with van der Waals surface area (Å²) < 4.78 is 0. The number of rotatable bonds is 9. The van der Waals surface area contributed by atoms with Crippen LogP contribution in [0.25, 0.3) is 0 Å². The third kappa shape index (κ3) is 6.60. The number of aliphatic hydroxyl groups excluding tert-OH is 1. The van der Waals surface area contributed by atoms with Crippen LogP contribution in [0.15, 0.2) is 30.3 Å². The van der Waals surface area contributed by atoms with Gasteiger partial charge < -0.3 is 20.2 Å². The molecule has 4 nitrogen and oxygen atoms in total. The van der Waals surface area contributed by atoms with Crippen LogP contribution in [-0.4, -0.2) is 56.5 Å². The molecule has 1 aromatic rings. The maximum absolute atomic E-state index is 10.2. The van der Waals surface area contributed by atoms with Gasteiger partial charge in [0.1, 0.15) is 19.6 Å². The highest BCUT2D eigenvalue weighted by Crippen LogP contribution is 1.98. The van der Waals surface area contributed by atoms with E-state index in [0.29, 0.717) is 6.04 Å². The summed E-state index contributed by atoms with van der Waals surface area (Å²) in [6.45, 7) is 12.0. The summed E-state index contributed by atoms with van der Waals surface area (Å²) in [5.41, 5.74) is 1.45. The zero-order chi connectivity index (χ0) is 16.5. The molecule has 1 aromatic carbocycles. The summed E-state index contributed by atoms with van der Waals surface area (Å²) in [6.07, 6.45) is 2.37. The molecule has 0 spiro atoms. The van der Waals surface area contributed by atoms with Gasteiger partial charge in [0.05, 0.1) is 32.2 Å². The molecule has 23 heavy (non-hydrogen) atoms. The number of nitrogens with two attached hydrogens (primary N) is 1. The molecule has 0 radical (unpaired) electrons. The lowest BCUT2D eigenvalue weighted by molar-refractivity contribution is -0.926. The quantitative estimate of drug-likeness (QED) is 0.421. The van der Waals surface area contributed by atoms with E-state index in [1.165, 1.54) is 36.4 Å². The number of benzene rings is 1. The Bertz CT molecular complexity index is 414. The normalized spacial score (nSPS) is 23.1. The number of hydrogen-bond donors (Lipinski definition) is 4. The Balaban J connectivity index is 1.63. The number of aliphatic hydroxyl groups is 1. The van der Waals surface area contributed by atoms with E-state index in [0.717, 1.165) is 32.7 Å². The lowest BCUT2D eigenvalue weighted by Crippen LogP contribution is -3.14. The molecule has 1 atom stereocenters. The number of hydrogen-bond acceptors (Lipinski definition) is 1. The van der Waals surface area contributed by atoms with E-state index in [4.69, 9.17) is 0 Å². The highest BCUT2D eigenvalue weighted by atomic mass is 16.3. The maximum Gasteiger partial charge on any atom is 0.151 e. The minimum atomic E-state index is -0.167. The van der Waals surface area contributed by atoms with Crippen LogP contribution in [0.4, 0.5) is 0 Å². The van der Waals surface area contributed by atoms with Crippen molar-refractivity contribution in [1.29, 1.82) is 0 Å². The Kier molecular flexibility index (Phi) is 8.03. The van der Waals surface area contributed by atoms with Crippen LogP contribution in [-0.2, 0) is 6.54 Å². The highest BCUT2D eigenvalue weighted by molar-refractivity contribution is 5.13. The number of nitrogens with one attached hydrogen (secondary N) is 2. The molecule has 1 heterocycles. The molecule has 1 saturated heterocycles. The van der Waals surface area contributed by atoms with Gasteiger partial charge >= 0.3 is 0 Å². The van der Waals surface area contributed by atoms with Gasteiger partial charge in [-0.25, -0.2) is 0 Å². The van der Waals surface area contributed by atoms with E-state index in [2.05, 4.69) is 49.5 Å². The molecule has 0 amide bonds. The first-order chi connectivity index (χ1) is 11.2. The summed E-state index contributed by atoms with van der Waals surface area (Å²) in [5.74, 6) is 0. The van der Waals surface area contributed by atoms with Crippen LogP contribution < -0.4 is 15.1 Å². The molecule has 4 heteroatoms. The molecule has 0 unspecified atom stereocenters. The van der Waals surface area contributed by atoms with Gasteiger partial charge in [0, 0.05) is 18.4 Å². The van der Waals surface area contributed by atoms with E-state index >= 15 is 0 Å².